The van der Waals surface area contributed by atoms with E-state index >= 15 is 0 Å². The zero-order valence-electron chi connectivity index (χ0n) is 31.7. The molecule has 1 unspecified atom stereocenters. The second kappa shape index (κ2) is 19.2. The van der Waals surface area contributed by atoms with Gasteiger partial charge in [0.15, 0.2) is 0 Å². The van der Waals surface area contributed by atoms with Crippen molar-refractivity contribution in [3.63, 3.8) is 0 Å². The molecule has 1 amide bonds. The number of hydrogen-bond acceptors (Lipinski definition) is 9. The van der Waals surface area contributed by atoms with Gasteiger partial charge in [0, 0.05) is 17.5 Å². The number of unbranched alkanes of at least 4 members (excludes halogenated alkanes) is 2. The number of esters is 2. The average Bonchev–Trinajstić information content (AvgIpc) is 3.63. The molecule has 54 heavy (non-hydrogen) atoms. The summed E-state index contributed by atoms with van der Waals surface area (Å²) in [5, 5.41) is 25.3. The van der Waals surface area contributed by atoms with Crippen molar-refractivity contribution in [2.24, 2.45) is 0 Å². The number of carbonyl (C=O) groups excluding carboxylic acids is 3. The number of carbonyl (C=O) groups is 5. The van der Waals surface area contributed by atoms with Crippen molar-refractivity contribution in [3.8, 4) is 5.75 Å². The summed E-state index contributed by atoms with van der Waals surface area (Å²) < 4.78 is 15.3. The normalized spacial score (nSPS) is 18.4. The number of aliphatic carboxylic acids is 2. The lowest BCUT2D eigenvalue weighted by Crippen LogP contribution is -2.45. The van der Waals surface area contributed by atoms with Crippen molar-refractivity contribution in [3.05, 3.63) is 100 Å². The van der Waals surface area contributed by atoms with E-state index in [9.17, 15) is 34.2 Å². The van der Waals surface area contributed by atoms with Crippen LogP contribution in [0, 0.1) is 13.8 Å². The van der Waals surface area contributed by atoms with Gasteiger partial charge in [0.2, 0.25) is 12.2 Å². The Morgan fingerprint density at radius 1 is 0.796 bits per heavy atom. The highest BCUT2D eigenvalue weighted by Crippen LogP contribution is 2.45. The number of carboxylic acid groups (broad SMARTS) is 2. The van der Waals surface area contributed by atoms with Gasteiger partial charge in [-0.05, 0) is 93.6 Å². The van der Waals surface area contributed by atoms with E-state index < -0.39 is 36.1 Å². The van der Waals surface area contributed by atoms with Crippen molar-refractivity contribution >= 4 is 30.0 Å². The molecule has 5 atom stereocenters. The average molecular weight is 745 g/mol. The van der Waals surface area contributed by atoms with E-state index in [1.165, 1.54) is 48.2 Å². The monoisotopic (exact) mass is 744 g/mol. The first-order chi connectivity index (χ1) is 25.7. The maximum Gasteiger partial charge on any atom is 0.412 e. The Balaban J connectivity index is 0.000000241. The Kier molecular flexibility index (Phi) is 14.8. The van der Waals surface area contributed by atoms with Gasteiger partial charge in [-0.2, -0.15) is 0 Å². The van der Waals surface area contributed by atoms with Gasteiger partial charge in [0.1, 0.15) is 5.75 Å². The molecule has 3 aromatic carbocycles. The first-order valence-electron chi connectivity index (χ1n) is 18.6. The van der Waals surface area contributed by atoms with Crippen molar-refractivity contribution in [2.45, 2.75) is 116 Å². The fraction of sp³-hybridized carbons (Fsp3) is 0.452. The molecule has 0 spiro atoms. The Morgan fingerprint density at radius 2 is 1.35 bits per heavy atom. The maximum absolute atomic E-state index is 12.4. The largest absolute Gasteiger partial charge is 0.478 e. The summed E-state index contributed by atoms with van der Waals surface area (Å²) in [6, 6.07) is 19.0. The lowest BCUT2D eigenvalue weighted by atomic mass is 9.81. The molecule has 12 nitrogen and oxygen atoms in total. The predicted octanol–water partition coefficient (Wildman–Crippen LogP) is 6.92. The second-order valence-electron chi connectivity index (χ2n) is 14.3. The molecule has 1 saturated heterocycles. The quantitative estimate of drug-likeness (QED) is 0.0938. The number of ether oxygens (including phenoxy) is 3. The van der Waals surface area contributed by atoms with Crippen molar-refractivity contribution in [1.82, 2.24) is 10.6 Å². The minimum absolute atomic E-state index is 0.0332. The summed E-state index contributed by atoms with van der Waals surface area (Å²) in [5.41, 5.74) is 4.71. The number of nitrogens with one attached hydrogen (secondary N) is 2. The van der Waals surface area contributed by atoms with Crippen LogP contribution in [-0.2, 0) is 30.9 Å². The highest BCUT2D eigenvalue weighted by Gasteiger charge is 2.46. The topological polar surface area (TPSA) is 178 Å². The van der Waals surface area contributed by atoms with Crippen LogP contribution in [0.3, 0.4) is 0 Å². The van der Waals surface area contributed by atoms with E-state index in [0.29, 0.717) is 11.8 Å². The standard InChI is InChI=1S/C22H34N2O2.C20H18O8/c1-4-6-7-9-17(8-5-2)24-21(25)26-18-11-10-16-14-20-22(3,12-13-23-20)19(16)15-18;1-11-3-7-13(8-4-11)19(25)27-15(17(21)22)16(18(23)24)28-20(26)14-9-5-12(2)6-10-14/h10-11,15,17,20,23H,4-9,12-14H2,1-3H3,(H,24,25);3-10,15-16H,1-2H3,(H,21,22)(H,23,24)/t17?,20-,22+;15-,16-/m11/s1. The van der Waals surface area contributed by atoms with E-state index in [1.54, 1.807) is 38.1 Å². The van der Waals surface area contributed by atoms with Crippen LogP contribution in [0.4, 0.5) is 4.79 Å². The van der Waals surface area contributed by atoms with Crippen LogP contribution in [0.1, 0.15) is 109 Å². The highest BCUT2D eigenvalue weighted by atomic mass is 16.6. The third-order valence-electron chi connectivity index (χ3n) is 10.1. The zero-order valence-corrected chi connectivity index (χ0v) is 31.7. The van der Waals surface area contributed by atoms with E-state index in [2.05, 4.69) is 43.5 Å². The molecule has 1 aliphatic carbocycles. The molecule has 3 aromatic rings. The Labute approximate surface area is 316 Å². The molecule has 2 aliphatic rings. The number of hydrogen-bond donors (Lipinski definition) is 4. The molecule has 12 heteroatoms. The van der Waals surface area contributed by atoms with Gasteiger partial charge in [-0.15, -0.1) is 0 Å². The van der Waals surface area contributed by atoms with Crippen LogP contribution >= 0.6 is 0 Å². The molecule has 1 fully saturated rings. The number of rotatable bonds is 15. The number of carboxylic acids is 2. The second-order valence-corrected chi connectivity index (χ2v) is 14.3. The Bertz CT molecular complexity index is 1700. The summed E-state index contributed by atoms with van der Waals surface area (Å²) in [4.78, 5) is 59.7. The molecule has 0 radical (unpaired) electrons. The first kappa shape index (κ1) is 41.5. The third kappa shape index (κ3) is 10.9. The van der Waals surface area contributed by atoms with Crippen molar-refractivity contribution < 1.29 is 48.4 Å². The van der Waals surface area contributed by atoms with Gasteiger partial charge in [-0.25, -0.2) is 24.0 Å². The van der Waals surface area contributed by atoms with Gasteiger partial charge >= 0.3 is 30.0 Å². The smallest absolute Gasteiger partial charge is 0.412 e. The van der Waals surface area contributed by atoms with Gasteiger partial charge in [-0.1, -0.05) is 87.9 Å². The minimum atomic E-state index is -2.22. The van der Waals surface area contributed by atoms with Crippen LogP contribution in [0.2, 0.25) is 0 Å². The van der Waals surface area contributed by atoms with Crippen molar-refractivity contribution in [2.75, 3.05) is 6.54 Å². The summed E-state index contributed by atoms with van der Waals surface area (Å²) >= 11 is 0. The minimum Gasteiger partial charge on any atom is -0.478 e. The summed E-state index contributed by atoms with van der Waals surface area (Å²) in [5.74, 6) is -4.96. The molecule has 0 bridgehead atoms. The lowest BCUT2D eigenvalue weighted by Gasteiger charge is -2.25. The first-order valence-corrected chi connectivity index (χ1v) is 18.6. The number of amides is 1. The Morgan fingerprint density at radius 3 is 1.85 bits per heavy atom. The van der Waals surface area contributed by atoms with Gasteiger partial charge in [0.25, 0.3) is 0 Å². The summed E-state index contributed by atoms with van der Waals surface area (Å²) in [7, 11) is 0. The molecule has 4 N–H and O–H groups in total. The fourth-order valence-corrected chi connectivity index (χ4v) is 6.88. The number of aryl methyl sites for hydroxylation is 2. The van der Waals surface area contributed by atoms with Crippen LogP contribution in [-0.4, -0.2) is 71.0 Å². The molecule has 0 aromatic heterocycles. The fourth-order valence-electron chi connectivity index (χ4n) is 6.88. The van der Waals surface area contributed by atoms with Crippen LogP contribution in [0.5, 0.6) is 5.75 Å². The number of benzene rings is 3. The lowest BCUT2D eigenvalue weighted by molar-refractivity contribution is -0.166. The molecule has 5 rings (SSSR count). The third-order valence-corrected chi connectivity index (χ3v) is 10.1. The zero-order chi connectivity index (χ0) is 39.4. The van der Waals surface area contributed by atoms with E-state index in [1.807, 2.05) is 6.07 Å². The van der Waals surface area contributed by atoms with Crippen LogP contribution in [0.15, 0.2) is 66.7 Å². The highest BCUT2D eigenvalue weighted by molar-refractivity contribution is 5.95. The summed E-state index contributed by atoms with van der Waals surface area (Å²) in [6.45, 7) is 11.4. The Hall–Kier alpha value is -5.23. The van der Waals surface area contributed by atoms with Gasteiger partial charge in [0.05, 0.1) is 11.1 Å². The van der Waals surface area contributed by atoms with Crippen molar-refractivity contribution in [1.29, 1.82) is 0 Å². The molecule has 290 valence electrons. The van der Waals surface area contributed by atoms with Gasteiger partial charge in [-0.3, -0.25) is 0 Å². The van der Waals surface area contributed by atoms with Gasteiger partial charge < -0.3 is 35.1 Å². The molecular formula is C42H52N2O10. The summed E-state index contributed by atoms with van der Waals surface area (Å²) in [6.07, 6.45) is 4.16. The van der Waals surface area contributed by atoms with E-state index in [4.69, 9.17) is 14.2 Å². The molecular weight excluding hydrogens is 692 g/mol. The van der Waals surface area contributed by atoms with E-state index in [-0.39, 0.29) is 28.7 Å². The van der Waals surface area contributed by atoms with Crippen LogP contribution in [0.25, 0.3) is 0 Å². The number of fused-ring (bicyclic) bond motifs is 3. The predicted molar refractivity (Wildman–Crippen MR) is 202 cm³/mol. The van der Waals surface area contributed by atoms with E-state index in [0.717, 1.165) is 56.2 Å². The molecule has 0 saturated carbocycles. The van der Waals surface area contributed by atoms with Crippen LogP contribution < -0.4 is 15.4 Å². The molecule has 1 aliphatic heterocycles. The molecule has 1 heterocycles. The maximum atomic E-state index is 12.4. The SMILES string of the molecule is CCCCCC(CCC)NC(=O)Oc1ccc2c(c1)[C@]1(C)CCN[C@@H]1C2.Cc1ccc(C(=O)O[C@@H](C(=O)O)[C@@H](OC(=O)c2ccc(C)cc2)C(=O)O)cc1.